The Kier molecular flexibility index (Phi) is 15.7. The molecular formula is C41H63ClN4O5S. The maximum absolute atomic E-state index is 13.4. The summed E-state index contributed by atoms with van der Waals surface area (Å²) in [5.74, 6) is 1.90. The van der Waals surface area contributed by atoms with Gasteiger partial charge in [-0.15, -0.1) is 0 Å². The zero-order valence-electron chi connectivity index (χ0n) is 32.3. The van der Waals surface area contributed by atoms with Gasteiger partial charge in [0.15, 0.2) is 6.29 Å². The van der Waals surface area contributed by atoms with Gasteiger partial charge in [0.25, 0.3) is 5.91 Å². The molecule has 2 saturated heterocycles. The average molecular weight is 759 g/mol. The van der Waals surface area contributed by atoms with Gasteiger partial charge in [0.2, 0.25) is 0 Å². The summed E-state index contributed by atoms with van der Waals surface area (Å²) in [4.78, 5) is 18.1. The van der Waals surface area contributed by atoms with E-state index in [-0.39, 0.29) is 29.3 Å². The molecule has 9 nitrogen and oxygen atoms in total. The monoisotopic (exact) mass is 758 g/mol. The van der Waals surface area contributed by atoms with E-state index in [1.807, 2.05) is 25.1 Å². The second-order valence-electron chi connectivity index (χ2n) is 15.5. The Morgan fingerprint density at radius 3 is 2.42 bits per heavy atom. The minimum atomic E-state index is -1.47. The number of hydrogen-bond acceptors (Lipinski definition) is 8. The van der Waals surface area contributed by atoms with Crippen molar-refractivity contribution in [2.45, 2.75) is 103 Å². The van der Waals surface area contributed by atoms with E-state index >= 15 is 0 Å². The molecule has 0 radical (unpaired) electrons. The molecule has 1 saturated carbocycles. The van der Waals surface area contributed by atoms with Gasteiger partial charge >= 0.3 is 0 Å². The van der Waals surface area contributed by atoms with Crippen molar-refractivity contribution in [2.75, 3.05) is 65.0 Å². The lowest BCUT2D eigenvalue weighted by molar-refractivity contribution is -0.192. The molecule has 1 aliphatic carbocycles. The summed E-state index contributed by atoms with van der Waals surface area (Å²) in [6.07, 6.45) is 8.11. The Morgan fingerprint density at radius 1 is 1.06 bits per heavy atom. The standard InChI is InChI=1S/C36H51ClN2O5S.C5H12N2/c1-5-8-24(3)25(4)45(41)38-36(40)28-12-15-34-33(19-28)39(21-29-11-10-26(29)20-35-42-16-7-17-43-35)22-30(23-44-34)32-14-13-31(37)18-27(32)9-6-2;1-7(2)5-3-6-4-5/h12-15,18-19,24-26,29-30,35H,5-11,16-17,20-23H2,1-4H3,(H,38,40);5-6H,3-4H2,1-2H3. The summed E-state index contributed by atoms with van der Waals surface area (Å²) >= 11 is 6.43. The van der Waals surface area contributed by atoms with E-state index in [1.165, 1.54) is 30.6 Å². The van der Waals surface area contributed by atoms with E-state index in [0.717, 1.165) is 93.8 Å². The second kappa shape index (κ2) is 19.9. The lowest BCUT2D eigenvalue weighted by atomic mass is 9.71. The largest absolute Gasteiger partial charge is 0.491 e. The molecule has 2 aromatic carbocycles. The van der Waals surface area contributed by atoms with Crippen LogP contribution in [0.5, 0.6) is 5.75 Å². The molecule has 1 amide bonds. The molecule has 52 heavy (non-hydrogen) atoms. The average Bonchev–Trinajstić information content (AvgIpc) is 3.27. The summed E-state index contributed by atoms with van der Waals surface area (Å²) in [5, 5.41) is 3.83. The van der Waals surface area contributed by atoms with Crippen LogP contribution in [0.15, 0.2) is 36.4 Å². The summed E-state index contributed by atoms with van der Waals surface area (Å²) in [7, 11) is 2.77. The highest BCUT2D eigenvalue weighted by atomic mass is 35.5. The summed E-state index contributed by atoms with van der Waals surface area (Å²) < 4.78 is 34.2. The quantitative estimate of drug-likeness (QED) is 0.209. The van der Waals surface area contributed by atoms with Crippen molar-refractivity contribution in [1.29, 1.82) is 0 Å². The van der Waals surface area contributed by atoms with Crippen molar-refractivity contribution in [3.05, 3.63) is 58.1 Å². The Hall–Kier alpha value is -2.21. The minimum Gasteiger partial charge on any atom is -0.491 e. The molecule has 3 aliphatic heterocycles. The van der Waals surface area contributed by atoms with Gasteiger partial charge in [0.1, 0.15) is 16.7 Å². The maximum atomic E-state index is 13.4. The van der Waals surface area contributed by atoms with Crippen LogP contribution < -0.4 is 19.7 Å². The van der Waals surface area contributed by atoms with Crippen LogP contribution in [-0.4, -0.2) is 92.7 Å². The Balaban J connectivity index is 0.000000668. The van der Waals surface area contributed by atoms with Gasteiger partial charge in [-0.25, -0.2) is 4.21 Å². The molecule has 3 heterocycles. The molecule has 2 aromatic rings. The molecule has 6 rings (SSSR count). The number of carbonyl (C=O) groups is 1. The van der Waals surface area contributed by atoms with Crippen molar-refractivity contribution < 1.29 is 23.2 Å². The fraction of sp³-hybridized carbons (Fsp3) is 0.683. The molecule has 6 unspecified atom stereocenters. The Bertz CT molecular complexity index is 1470. The molecule has 290 valence electrons. The molecule has 0 spiro atoms. The number of rotatable bonds is 14. The summed E-state index contributed by atoms with van der Waals surface area (Å²) in [6.45, 7) is 14.4. The van der Waals surface area contributed by atoms with Gasteiger partial charge in [-0.05, 0) is 112 Å². The van der Waals surface area contributed by atoms with E-state index in [1.54, 1.807) is 6.07 Å². The fourth-order valence-corrected chi connectivity index (χ4v) is 8.87. The number of fused-ring (bicyclic) bond motifs is 1. The number of aryl methyl sites for hydroxylation is 1. The topological polar surface area (TPSA) is 92.4 Å². The van der Waals surface area contributed by atoms with Crippen molar-refractivity contribution in [3.63, 3.8) is 0 Å². The highest BCUT2D eigenvalue weighted by Crippen LogP contribution is 2.43. The first-order valence-corrected chi connectivity index (χ1v) is 21.3. The van der Waals surface area contributed by atoms with E-state index in [4.69, 9.17) is 25.8 Å². The van der Waals surface area contributed by atoms with Crippen LogP contribution in [0, 0.1) is 17.8 Å². The summed E-state index contributed by atoms with van der Waals surface area (Å²) in [6, 6.07) is 12.7. The van der Waals surface area contributed by atoms with Crippen molar-refractivity contribution in [3.8, 4) is 5.75 Å². The van der Waals surface area contributed by atoms with Crippen LogP contribution in [-0.2, 0) is 26.9 Å². The van der Waals surface area contributed by atoms with E-state index in [9.17, 15) is 9.00 Å². The number of ether oxygens (including phenoxy) is 3. The third kappa shape index (κ3) is 10.9. The fourth-order valence-electron chi connectivity index (χ4n) is 7.63. The predicted molar refractivity (Wildman–Crippen MR) is 213 cm³/mol. The first kappa shape index (κ1) is 41.0. The second-order valence-corrected chi connectivity index (χ2v) is 17.5. The van der Waals surface area contributed by atoms with Gasteiger partial charge in [-0.2, -0.15) is 0 Å². The van der Waals surface area contributed by atoms with Crippen LogP contribution in [0.2, 0.25) is 5.02 Å². The van der Waals surface area contributed by atoms with Crippen molar-refractivity contribution in [2.24, 2.45) is 17.8 Å². The van der Waals surface area contributed by atoms with Gasteiger partial charge in [-0.3, -0.25) is 9.52 Å². The molecular weight excluding hydrogens is 696 g/mol. The molecule has 11 heteroatoms. The lowest BCUT2D eigenvalue weighted by Gasteiger charge is -2.42. The highest BCUT2D eigenvalue weighted by Gasteiger charge is 2.37. The number of hydrogen-bond donors (Lipinski definition) is 2. The smallest absolute Gasteiger partial charge is 0.263 e. The third-order valence-electron chi connectivity index (χ3n) is 11.5. The van der Waals surface area contributed by atoms with Crippen LogP contribution in [0.4, 0.5) is 5.69 Å². The normalized spacial score (nSPS) is 23.8. The number of likely N-dealkylation sites (N-methyl/N-ethyl adjacent to an activating group) is 1. The van der Waals surface area contributed by atoms with Gasteiger partial charge < -0.3 is 29.3 Å². The van der Waals surface area contributed by atoms with E-state index in [0.29, 0.717) is 24.0 Å². The SMILES string of the molecule is CCCc1cc(Cl)ccc1C1COc2ccc(C(=O)NS(=O)C(C)C(C)CCC)cc2N(CC2CCC2CC2OCCCO2)C1.CN(C)C1CNC1. The van der Waals surface area contributed by atoms with Crippen LogP contribution in [0.25, 0.3) is 0 Å². The van der Waals surface area contributed by atoms with Crippen LogP contribution >= 0.6 is 11.6 Å². The van der Waals surface area contributed by atoms with E-state index in [2.05, 4.69) is 66.8 Å². The molecule has 0 bridgehead atoms. The Labute approximate surface area is 320 Å². The Morgan fingerprint density at radius 2 is 1.81 bits per heavy atom. The van der Waals surface area contributed by atoms with Crippen molar-refractivity contribution >= 4 is 34.2 Å². The third-order valence-corrected chi connectivity index (χ3v) is 13.3. The molecule has 4 aliphatic rings. The van der Waals surface area contributed by atoms with Crippen LogP contribution in [0.1, 0.15) is 100 Å². The zero-order chi connectivity index (χ0) is 37.2. The zero-order valence-corrected chi connectivity index (χ0v) is 33.9. The number of benzene rings is 2. The number of nitrogens with one attached hydrogen (secondary N) is 2. The first-order chi connectivity index (χ1) is 25.1. The molecule has 0 aromatic heterocycles. The lowest BCUT2D eigenvalue weighted by Crippen LogP contribution is -2.54. The number of amides is 1. The van der Waals surface area contributed by atoms with E-state index < -0.39 is 11.0 Å². The van der Waals surface area contributed by atoms with Crippen molar-refractivity contribution in [1.82, 2.24) is 14.9 Å². The molecule has 3 fully saturated rings. The van der Waals surface area contributed by atoms with Gasteiger partial charge in [0, 0.05) is 55.1 Å². The first-order valence-electron chi connectivity index (χ1n) is 19.7. The van der Waals surface area contributed by atoms with Gasteiger partial charge in [0.05, 0.1) is 30.8 Å². The molecule has 2 N–H and O–H groups in total. The highest BCUT2D eigenvalue weighted by molar-refractivity contribution is 7.84. The summed E-state index contributed by atoms with van der Waals surface area (Å²) in [5.41, 5.74) is 3.96. The van der Waals surface area contributed by atoms with Gasteiger partial charge in [-0.1, -0.05) is 51.3 Å². The number of anilines is 1. The number of halogens is 1. The predicted octanol–water partition coefficient (Wildman–Crippen LogP) is 7.19. The van der Waals surface area contributed by atoms with Crippen LogP contribution in [0.3, 0.4) is 0 Å². The maximum Gasteiger partial charge on any atom is 0.263 e. The minimum absolute atomic E-state index is 0.108. The molecule has 6 atom stereocenters. The number of nitrogens with zero attached hydrogens (tertiary/aromatic N) is 2. The number of carbonyl (C=O) groups excluding carboxylic acids is 1.